The zero-order chi connectivity index (χ0) is 15.3. The predicted octanol–water partition coefficient (Wildman–Crippen LogP) is 3.77. The monoisotopic (exact) mass is 291 g/mol. The molecule has 2 aromatic carbocycles. The number of anilines is 2. The fraction of sp³-hybridized carbons (Fsp3) is 0.263. The second-order valence-electron chi connectivity index (χ2n) is 6.07. The second-order valence-corrected chi connectivity index (χ2v) is 6.07. The molecule has 0 N–H and O–H groups in total. The molecule has 0 aromatic heterocycles. The lowest BCUT2D eigenvalue weighted by molar-refractivity contribution is 0.124. The van der Waals surface area contributed by atoms with Gasteiger partial charge in [-0.3, -0.25) is 4.90 Å². The summed E-state index contributed by atoms with van der Waals surface area (Å²) < 4.78 is 0. The van der Waals surface area contributed by atoms with Gasteiger partial charge >= 0.3 is 0 Å². The number of fused-ring (bicyclic) bond motifs is 6. The van der Waals surface area contributed by atoms with E-state index in [1.165, 1.54) is 22.5 Å². The molecule has 2 aromatic rings. The Labute approximate surface area is 132 Å². The maximum atomic E-state index is 3.97. The summed E-state index contributed by atoms with van der Waals surface area (Å²) >= 11 is 0. The number of hydrogen-bond acceptors (Lipinski definition) is 3. The molecule has 3 heteroatoms. The predicted molar refractivity (Wildman–Crippen MR) is 92.1 cm³/mol. The first kappa shape index (κ1) is 13.4. The Morgan fingerprint density at radius 2 is 1.32 bits per heavy atom. The summed E-state index contributed by atoms with van der Waals surface area (Å²) in [6.07, 6.45) is 2.51. The third-order valence-electron chi connectivity index (χ3n) is 4.89. The van der Waals surface area contributed by atoms with Crippen LogP contribution in [0.25, 0.3) is 0 Å². The Bertz CT molecular complexity index is 667. The Kier molecular flexibility index (Phi) is 2.98. The van der Waals surface area contributed by atoms with E-state index in [4.69, 9.17) is 0 Å². The van der Waals surface area contributed by atoms with E-state index in [0.717, 1.165) is 6.54 Å². The van der Waals surface area contributed by atoms with Crippen molar-refractivity contribution in [2.75, 3.05) is 30.4 Å². The minimum absolute atomic E-state index is 0.255. The lowest BCUT2D eigenvalue weighted by Crippen LogP contribution is -2.54. The van der Waals surface area contributed by atoms with Gasteiger partial charge in [-0.05, 0) is 12.1 Å². The van der Waals surface area contributed by atoms with Crippen LogP contribution in [0.2, 0.25) is 0 Å². The summed E-state index contributed by atoms with van der Waals surface area (Å²) in [6.45, 7) is 4.83. The molecule has 2 unspecified atom stereocenters. The van der Waals surface area contributed by atoms with E-state index < -0.39 is 0 Å². The Morgan fingerprint density at radius 1 is 0.864 bits per heavy atom. The van der Waals surface area contributed by atoms with Gasteiger partial charge in [-0.1, -0.05) is 42.5 Å². The molecule has 0 radical (unpaired) electrons. The van der Waals surface area contributed by atoms with Gasteiger partial charge in [-0.15, -0.1) is 6.58 Å². The van der Waals surface area contributed by atoms with Crippen molar-refractivity contribution in [3.8, 4) is 0 Å². The number of rotatable bonds is 2. The van der Waals surface area contributed by atoms with Crippen LogP contribution in [0.3, 0.4) is 0 Å². The maximum Gasteiger partial charge on any atom is 0.112 e. The van der Waals surface area contributed by atoms with Crippen LogP contribution in [0.5, 0.6) is 0 Å². The highest BCUT2D eigenvalue weighted by molar-refractivity contribution is 5.68. The molecule has 2 atom stereocenters. The lowest BCUT2D eigenvalue weighted by Gasteiger charge is -2.55. The van der Waals surface area contributed by atoms with Crippen molar-refractivity contribution in [3.05, 3.63) is 72.3 Å². The molecule has 2 aliphatic heterocycles. The van der Waals surface area contributed by atoms with Crippen molar-refractivity contribution in [2.24, 2.45) is 0 Å². The first-order valence-electron chi connectivity index (χ1n) is 7.74. The maximum absolute atomic E-state index is 3.97. The van der Waals surface area contributed by atoms with Gasteiger partial charge in [0.25, 0.3) is 0 Å². The van der Waals surface area contributed by atoms with Crippen LogP contribution in [-0.4, -0.2) is 25.5 Å². The van der Waals surface area contributed by atoms with Crippen molar-refractivity contribution in [1.29, 1.82) is 0 Å². The Morgan fingerprint density at radius 3 is 1.77 bits per heavy atom. The lowest BCUT2D eigenvalue weighted by atomic mass is 9.93. The SMILES string of the molecule is C=CCN1C2c3ccccc3N(C)C1c1ccccc1N2C. The van der Waals surface area contributed by atoms with Crippen LogP contribution in [0, 0.1) is 0 Å². The van der Waals surface area contributed by atoms with Crippen LogP contribution < -0.4 is 9.80 Å². The minimum Gasteiger partial charge on any atom is -0.354 e. The van der Waals surface area contributed by atoms with E-state index in [2.05, 4.69) is 83.9 Å². The fourth-order valence-corrected chi connectivity index (χ4v) is 4.02. The third-order valence-corrected chi connectivity index (χ3v) is 4.89. The number of benzene rings is 2. The molecule has 0 saturated carbocycles. The smallest absolute Gasteiger partial charge is 0.112 e. The Balaban J connectivity index is 1.98. The number of hydrogen-bond donors (Lipinski definition) is 0. The van der Waals surface area contributed by atoms with Crippen molar-refractivity contribution in [2.45, 2.75) is 12.3 Å². The highest BCUT2D eigenvalue weighted by Gasteiger charge is 2.44. The van der Waals surface area contributed by atoms with E-state index in [1.807, 2.05) is 6.08 Å². The van der Waals surface area contributed by atoms with Crippen molar-refractivity contribution in [1.82, 2.24) is 4.90 Å². The van der Waals surface area contributed by atoms with E-state index >= 15 is 0 Å². The van der Waals surface area contributed by atoms with Gasteiger partial charge in [0.05, 0.1) is 0 Å². The summed E-state index contributed by atoms with van der Waals surface area (Å²) in [5.74, 6) is 0. The molecule has 0 fully saturated rings. The molecule has 3 nitrogen and oxygen atoms in total. The van der Waals surface area contributed by atoms with Crippen LogP contribution in [0.1, 0.15) is 23.5 Å². The topological polar surface area (TPSA) is 9.72 Å². The zero-order valence-corrected chi connectivity index (χ0v) is 13.1. The van der Waals surface area contributed by atoms with Gasteiger partial charge in [-0.2, -0.15) is 0 Å². The summed E-state index contributed by atoms with van der Waals surface area (Å²) in [5.41, 5.74) is 5.36. The van der Waals surface area contributed by atoms with Gasteiger partial charge < -0.3 is 9.80 Å². The molecule has 0 saturated heterocycles. The molecule has 112 valence electrons. The molecule has 0 aliphatic carbocycles. The van der Waals surface area contributed by atoms with Gasteiger partial charge in [-0.25, -0.2) is 0 Å². The third kappa shape index (κ3) is 1.66. The van der Waals surface area contributed by atoms with E-state index in [-0.39, 0.29) is 12.3 Å². The van der Waals surface area contributed by atoms with Crippen molar-refractivity contribution >= 4 is 11.4 Å². The molecular formula is C19H21N3. The molecule has 2 aliphatic rings. The average Bonchev–Trinajstić information content (AvgIpc) is 2.55. The largest absolute Gasteiger partial charge is 0.354 e. The van der Waals surface area contributed by atoms with Gasteiger partial charge in [0.1, 0.15) is 12.3 Å². The van der Waals surface area contributed by atoms with Gasteiger partial charge in [0.15, 0.2) is 0 Å². The van der Waals surface area contributed by atoms with Crippen LogP contribution in [-0.2, 0) is 0 Å². The minimum atomic E-state index is 0.255. The molecule has 2 heterocycles. The fourth-order valence-electron chi connectivity index (χ4n) is 4.02. The molecule has 0 spiro atoms. The average molecular weight is 291 g/mol. The quantitative estimate of drug-likeness (QED) is 0.780. The molecule has 2 bridgehead atoms. The summed E-state index contributed by atoms with van der Waals surface area (Å²) in [5, 5.41) is 0. The van der Waals surface area contributed by atoms with Gasteiger partial charge in [0.2, 0.25) is 0 Å². The van der Waals surface area contributed by atoms with Crippen LogP contribution in [0.4, 0.5) is 11.4 Å². The first-order chi connectivity index (χ1) is 10.7. The Hall–Kier alpha value is -2.26. The highest BCUT2D eigenvalue weighted by atomic mass is 15.5. The number of para-hydroxylation sites is 2. The normalized spacial score (nSPS) is 23.0. The zero-order valence-electron chi connectivity index (χ0n) is 13.1. The van der Waals surface area contributed by atoms with E-state index in [0.29, 0.717) is 0 Å². The summed E-state index contributed by atoms with van der Waals surface area (Å²) in [6, 6.07) is 17.5. The van der Waals surface area contributed by atoms with E-state index in [9.17, 15) is 0 Å². The van der Waals surface area contributed by atoms with Crippen LogP contribution in [0.15, 0.2) is 61.2 Å². The first-order valence-corrected chi connectivity index (χ1v) is 7.74. The summed E-state index contributed by atoms with van der Waals surface area (Å²) in [7, 11) is 4.38. The molecular weight excluding hydrogens is 270 g/mol. The molecule has 4 rings (SSSR count). The number of nitrogens with zero attached hydrogens (tertiary/aromatic N) is 3. The second kappa shape index (κ2) is 4.89. The van der Waals surface area contributed by atoms with E-state index in [1.54, 1.807) is 0 Å². The molecule has 0 amide bonds. The van der Waals surface area contributed by atoms with Crippen molar-refractivity contribution < 1.29 is 0 Å². The van der Waals surface area contributed by atoms with Gasteiger partial charge in [0, 0.05) is 43.1 Å². The summed E-state index contributed by atoms with van der Waals surface area (Å²) in [4.78, 5) is 7.29. The highest BCUT2D eigenvalue weighted by Crippen LogP contribution is 2.51. The van der Waals surface area contributed by atoms with Crippen molar-refractivity contribution in [3.63, 3.8) is 0 Å². The molecule has 22 heavy (non-hydrogen) atoms. The van der Waals surface area contributed by atoms with Crippen LogP contribution >= 0.6 is 0 Å². The standard InChI is InChI=1S/C19H21N3/c1-4-13-22-18-15-10-6-8-12-17(15)21(3)19(22)14-9-5-7-11-16(14)20(18)2/h4-12,18-19H,1,13H2,2-3H3.